The van der Waals surface area contributed by atoms with Gasteiger partial charge in [-0.15, -0.1) is 0 Å². The second-order valence-corrected chi connectivity index (χ2v) is 5.17. The van der Waals surface area contributed by atoms with Crippen LogP contribution in [0.1, 0.15) is 19.4 Å². The van der Waals surface area contributed by atoms with Gasteiger partial charge < -0.3 is 10.2 Å². The fourth-order valence-electron chi connectivity index (χ4n) is 2.13. The third-order valence-corrected chi connectivity index (χ3v) is 3.29. The van der Waals surface area contributed by atoms with E-state index in [1.807, 2.05) is 48.3 Å². The van der Waals surface area contributed by atoms with E-state index in [0.29, 0.717) is 18.2 Å². The molecule has 0 aliphatic carbocycles. The molecule has 0 amide bonds. The van der Waals surface area contributed by atoms with E-state index in [1.54, 1.807) is 6.07 Å². The monoisotopic (exact) mass is 272 g/mol. The molecular weight excluding hydrogens is 251 g/mol. The van der Waals surface area contributed by atoms with Gasteiger partial charge in [0.1, 0.15) is 5.82 Å². The fraction of sp³-hybridized carbons (Fsp3) is 0.294. The number of para-hydroxylation sites is 1. The van der Waals surface area contributed by atoms with E-state index in [-0.39, 0.29) is 5.82 Å². The van der Waals surface area contributed by atoms with E-state index < -0.39 is 0 Å². The molecule has 0 aromatic heterocycles. The van der Waals surface area contributed by atoms with Crippen molar-refractivity contribution >= 4 is 11.4 Å². The Morgan fingerprint density at radius 1 is 1.05 bits per heavy atom. The number of hydrogen-bond acceptors (Lipinski definition) is 2. The molecule has 2 aromatic carbocycles. The minimum Gasteiger partial charge on any atom is -0.344 e. The van der Waals surface area contributed by atoms with Gasteiger partial charge in [0, 0.05) is 36.6 Å². The van der Waals surface area contributed by atoms with Crippen molar-refractivity contribution in [1.82, 2.24) is 5.32 Å². The summed E-state index contributed by atoms with van der Waals surface area (Å²) >= 11 is 0. The summed E-state index contributed by atoms with van der Waals surface area (Å²) in [5.41, 5.74) is 2.64. The van der Waals surface area contributed by atoms with Gasteiger partial charge in [-0.25, -0.2) is 4.39 Å². The van der Waals surface area contributed by atoms with Crippen LogP contribution in [0.4, 0.5) is 15.8 Å². The van der Waals surface area contributed by atoms with Crippen molar-refractivity contribution in [2.24, 2.45) is 0 Å². The molecule has 2 nitrogen and oxygen atoms in total. The SMILES string of the molecule is CC(C)NCc1c(F)cccc1N(C)c1ccccc1. The minimum atomic E-state index is -0.168. The lowest BCUT2D eigenvalue weighted by atomic mass is 10.1. The van der Waals surface area contributed by atoms with E-state index in [4.69, 9.17) is 0 Å². The number of halogens is 1. The van der Waals surface area contributed by atoms with Crippen LogP contribution in [0.15, 0.2) is 48.5 Å². The summed E-state index contributed by atoms with van der Waals surface area (Å²) in [7, 11) is 1.96. The van der Waals surface area contributed by atoms with Crippen LogP contribution >= 0.6 is 0 Å². The first kappa shape index (κ1) is 14.5. The van der Waals surface area contributed by atoms with Crippen LogP contribution in [-0.2, 0) is 6.54 Å². The van der Waals surface area contributed by atoms with Crippen LogP contribution in [0.2, 0.25) is 0 Å². The summed E-state index contributed by atoms with van der Waals surface area (Å²) in [6, 6.07) is 15.5. The van der Waals surface area contributed by atoms with Gasteiger partial charge in [0.2, 0.25) is 0 Å². The molecule has 0 aliphatic rings. The van der Waals surface area contributed by atoms with Gasteiger partial charge in [0.05, 0.1) is 0 Å². The largest absolute Gasteiger partial charge is 0.344 e. The summed E-state index contributed by atoms with van der Waals surface area (Å²) in [5, 5.41) is 3.28. The van der Waals surface area contributed by atoms with Gasteiger partial charge in [-0.05, 0) is 24.3 Å². The molecule has 0 saturated carbocycles. The molecule has 0 saturated heterocycles. The number of nitrogens with one attached hydrogen (secondary N) is 1. The average Bonchev–Trinajstić information content (AvgIpc) is 2.45. The van der Waals surface area contributed by atoms with E-state index in [1.165, 1.54) is 6.07 Å². The number of nitrogens with zero attached hydrogens (tertiary/aromatic N) is 1. The average molecular weight is 272 g/mol. The summed E-state index contributed by atoms with van der Waals surface area (Å²) in [4.78, 5) is 2.01. The van der Waals surface area contributed by atoms with Gasteiger partial charge >= 0.3 is 0 Å². The predicted molar refractivity (Wildman–Crippen MR) is 82.9 cm³/mol. The second-order valence-electron chi connectivity index (χ2n) is 5.17. The van der Waals surface area contributed by atoms with E-state index in [0.717, 1.165) is 11.4 Å². The molecule has 0 unspecified atom stereocenters. The third-order valence-electron chi connectivity index (χ3n) is 3.29. The van der Waals surface area contributed by atoms with Crippen LogP contribution in [0.5, 0.6) is 0 Å². The Morgan fingerprint density at radius 3 is 2.40 bits per heavy atom. The fourth-order valence-corrected chi connectivity index (χ4v) is 2.13. The standard InChI is InChI=1S/C17H21FN2/c1-13(2)19-12-15-16(18)10-7-11-17(15)20(3)14-8-5-4-6-9-14/h4-11,13,19H,12H2,1-3H3. The first-order valence-corrected chi connectivity index (χ1v) is 6.89. The summed E-state index contributed by atoms with van der Waals surface area (Å²) in [5.74, 6) is -0.168. The minimum absolute atomic E-state index is 0.168. The zero-order valence-electron chi connectivity index (χ0n) is 12.2. The molecule has 2 aromatic rings. The Bertz CT molecular complexity index is 552. The van der Waals surface area contributed by atoms with Gasteiger partial charge in [-0.1, -0.05) is 38.1 Å². The third kappa shape index (κ3) is 3.36. The smallest absolute Gasteiger partial charge is 0.129 e. The van der Waals surface area contributed by atoms with Crippen molar-refractivity contribution in [2.45, 2.75) is 26.4 Å². The maximum Gasteiger partial charge on any atom is 0.129 e. The zero-order valence-corrected chi connectivity index (χ0v) is 12.2. The summed E-state index contributed by atoms with van der Waals surface area (Å²) in [6.07, 6.45) is 0. The number of anilines is 2. The highest BCUT2D eigenvalue weighted by Crippen LogP contribution is 2.28. The van der Waals surface area contributed by atoms with Gasteiger partial charge in [-0.3, -0.25) is 0 Å². The molecule has 3 heteroatoms. The lowest BCUT2D eigenvalue weighted by molar-refractivity contribution is 0.553. The van der Waals surface area contributed by atoms with Gasteiger partial charge in [0.15, 0.2) is 0 Å². The molecule has 0 fully saturated rings. The molecular formula is C17H21FN2. The Labute approximate surface area is 120 Å². The predicted octanol–water partition coefficient (Wildman–Crippen LogP) is 4.09. The maximum absolute atomic E-state index is 14.1. The van der Waals surface area contributed by atoms with Crippen molar-refractivity contribution in [1.29, 1.82) is 0 Å². The Balaban J connectivity index is 2.33. The molecule has 0 aliphatic heterocycles. The number of hydrogen-bond donors (Lipinski definition) is 1. The quantitative estimate of drug-likeness (QED) is 0.882. The lowest BCUT2D eigenvalue weighted by Gasteiger charge is -2.23. The zero-order chi connectivity index (χ0) is 14.5. The first-order chi connectivity index (χ1) is 9.59. The second kappa shape index (κ2) is 6.53. The van der Waals surface area contributed by atoms with Crippen LogP contribution in [0.25, 0.3) is 0 Å². The van der Waals surface area contributed by atoms with Crippen molar-refractivity contribution in [3.8, 4) is 0 Å². The Hall–Kier alpha value is -1.87. The molecule has 20 heavy (non-hydrogen) atoms. The highest BCUT2D eigenvalue weighted by molar-refractivity contribution is 5.65. The lowest BCUT2D eigenvalue weighted by Crippen LogP contribution is -2.24. The molecule has 0 heterocycles. The normalized spacial score (nSPS) is 10.8. The molecule has 0 atom stereocenters. The van der Waals surface area contributed by atoms with Crippen molar-refractivity contribution < 1.29 is 4.39 Å². The summed E-state index contributed by atoms with van der Waals surface area (Å²) in [6.45, 7) is 4.64. The highest BCUT2D eigenvalue weighted by Gasteiger charge is 2.13. The van der Waals surface area contributed by atoms with Gasteiger partial charge in [-0.2, -0.15) is 0 Å². The Morgan fingerprint density at radius 2 is 1.75 bits per heavy atom. The van der Waals surface area contributed by atoms with Crippen molar-refractivity contribution in [2.75, 3.05) is 11.9 Å². The highest BCUT2D eigenvalue weighted by atomic mass is 19.1. The molecule has 1 N–H and O–H groups in total. The van der Waals surface area contributed by atoms with E-state index in [9.17, 15) is 4.39 Å². The molecule has 0 radical (unpaired) electrons. The topological polar surface area (TPSA) is 15.3 Å². The van der Waals surface area contributed by atoms with Crippen LogP contribution in [-0.4, -0.2) is 13.1 Å². The van der Waals surface area contributed by atoms with E-state index in [2.05, 4.69) is 19.2 Å². The van der Waals surface area contributed by atoms with Crippen LogP contribution in [0.3, 0.4) is 0 Å². The van der Waals surface area contributed by atoms with Crippen LogP contribution in [0, 0.1) is 5.82 Å². The molecule has 0 spiro atoms. The maximum atomic E-state index is 14.1. The van der Waals surface area contributed by atoms with Crippen molar-refractivity contribution in [3.63, 3.8) is 0 Å². The van der Waals surface area contributed by atoms with Crippen LogP contribution < -0.4 is 10.2 Å². The van der Waals surface area contributed by atoms with Crippen molar-refractivity contribution in [3.05, 3.63) is 59.9 Å². The number of benzene rings is 2. The molecule has 0 bridgehead atoms. The molecule has 106 valence electrons. The summed E-state index contributed by atoms with van der Waals surface area (Å²) < 4.78 is 14.1. The number of rotatable bonds is 5. The first-order valence-electron chi connectivity index (χ1n) is 6.89. The van der Waals surface area contributed by atoms with Gasteiger partial charge in [0.25, 0.3) is 0 Å². The van der Waals surface area contributed by atoms with E-state index >= 15 is 0 Å². The molecule has 2 rings (SSSR count). The Kier molecular flexibility index (Phi) is 4.74.